The van der Waals surface area contributed by atoms with Crippen molar-refractivity contribution in [2.75, 3.05) is 27.2 Å². The molecule has 32 heavy (non-hydrogen) atoms. The summed E-state index contributed by atoms with van der Waals surface area (Å²) in [5.41, 5.74) is 1.43. The molecule has 1 heterocycles. The Morgan fingerprint density at radius 3 is 2.31 bits per heavy atom. The van der Waals surface area contributed by atoms with Crippen LogP contribution in [0.4, 0.5) is 4.39 Å². The number of rotatable bonds is 6. The number of halogens is 2. The zero-order valence-corrected chi connectivity index (χ0v) is 19.4. The molecule has 1 N–H and O–H groups in total. The quantitative estimate of drug-likeness (QED) is 0.687. The molecule has 0 bridgehead atoms. The molecule has 10 heteroatoms. The maximum Gasteiger partial charge on any atom is 0.253 e. The number of amides is 2. The summed E-state index contributed by atoms with van der Waals surface area (Å²) in [7, 11) is -0.439. The van der Waals surface area contributed by atoms with Crippen molar-refractivity contribution in [3.63, 3.8) is 0 Å². The summed E-state index contributed by atoms with van der Waals surface area (Å²) in [5.74, 6) is -1.21. The van der Waals surface area contributed by atoms with E-state index in [4.69, 9.17) is 11.6 Å². The van der Waals surface area contributed by atoms with Crippen molar-refractivity contribution < 1.29 is 22.4 Å². The summed E-state index contributed by atoms with van der Waals surface area (Å²) in [6.07, 6.45) is 0.770. The van der Waals surface area contributed by atoms with Gasteiger partial charge in [0.15, 0.2) is 0 Å². The fourth-order valence-electron chi connectivity index (χ4n) is 3.50. The van der Waals surface area contributed by atoms with Crippen molar-refractivity contribution in [1.29, 1.82) is 0 Å². The van der Waals surface area contributed by atoms with Crippen LogP contribution in [-0.4, -0.2) is 56.6 Å². The molecule has 0 unspecified atom stereocenters. The van der Waals surface area contributed by atoms with Gasteiger partial charge in [0.1, 0.15) is 5.82 Å². The lowest BCUT2D eigenvalue weighted by molar-refractivity contribution is -0.126. The molecule has 0 aliphatic carbocycles. The number of nitrogens with one attached hydrogen (secondary N) is 1. The lowest BCUT2D eigenvalue weighted by atomic mass is 9.97. The topological polar surface area (TPSA) is 86.8 Å². The highest BCUT2D eigenvalue weighted by Gasteiger charge is 2.32. The smallest absolute Gasteiger partial charge is 0.253 e. The summed E-state index contributed by atoms with van der Waals surface area (Å²) in [6, 6.07) is 10.3. The van der Waals surface area contributed by atoms with Crippen LogP contribution in [0.25, 0.3) is 0 Å². The number of hydrogen-bond acceptors (Lipinski definition) is 4. The Hall–Kier alpha value is -2.49. The Labute approximate surface area is 192 Å². The lowest BCUT2D eigenvalue weighted by Crippen LogP contribution is -2.42. The van der Waals surface area contributed by atoms with E-state index in [1.54, 1.807) is 38.4 Å². The van der Waals surface area contributed by atoms with Crippen molar-refractivity contribution in [3.05, 3.63) is 64.4 Å². The SMILES string of the molecule is CN(C)C(=O)c1ccc(CNC(=O)C2CCN(S(=O)(=O)c3ccc(F)c(Cl)c3)CC2)cc1. The lowest BCUT2D eigenvalue weighted by Gasteiger charge is -2.30. The van der Waals surface area contributed by atoms with Crippen LogP contribution in [0, 0.1) is 11.7 Å². The maximum absolute atomic E-state index is 13.3. The van der Waals surface area contributed by atoms with E-state index < -0.39 is 15.8 Å². The highest BCUT2D eigenvalue weighted by Crippen LogP contribution is 2.26. The number of nitrogens with zero attached hydrogens (tertiary/aromatic N) is 2. The van der Waals surface area contributed by atoms with Gasteiger partial charge >= 0.3 is 0 Å². The van der Waals surface area contributed by atoms with Crippen LogP contribution in [0.3, 0.4) is 0 Å². The van der Waals surface area contributed by atoms with E-state index in [2.05, 4.69) is 5.32 Å². The number of sulfonamides is 1. The van der Waals surface area contributed by atoms with Gasteiger partial charge in [0.25, 0.3) is 5.91 Å². The average Bonchev–Trinajstić information content (AvgIpc) is 2.79. The van der Waals surface area contributed by atoms with Gasteiger partial charge in [-0.3, -0.25) is 9.59 Å². The molecule has 172 valence electrons. The fraction of sp³-hybridized carbons (Fsp3) is 0.364. The first-order chi connectivity index (χ1) is 15.1. The third-order valence-electron chi connectivity index (χ3n) is 5.43. The van der Waals surface area contributed by atoms with Crippen LogP contribution >= 0.6 is 11.6 Å². The fourth-order valence-corrected chi connectivity index (χ4v) is 5.24. The highest BCUT2D eigenvalue weighted by atomic mass is 35.5. The molecule has 1 fully saturated rings. The van der Waals surface area contributed by atoms with E-state index in [9.17, 15) is 22.4 Å². The molecular weight excluding hydrogens is 457 g/mol. The maximum atomic E-state index is 13.3. The van der Waals surface area contributed by atoms with Gasteiger partial charge in [0.05, 0.1) is 9.92 Å². The molecule has 2 aromatic rings. The number of carbonyl (C=O) groups excluding carboxylic acids is 2. The molecule has 2 aromatic carbocycles. The van der Waals surface area contributed by atoms with E-state index in [0.29, 0.717) is 24.9 Å². The second-order valence-corrected chi connectivity index (χ2v) is 10.2. The molecule has 3 rings (SSSR count). The van der Waals surface area contributed by atoms with Crippen LogP contribution in [0.2, 0.25) is 5.02 Å². The molecule has 2 amide bonds. The van der Waals surface area contributed by atoms with E-state index >= 15 is 0 Å². The van der Waals surface area contributed by atoms with Crippen LogP contribution in [0.5, 0.6) is 0 Å². The van der Waals surface area contributed by atoms with Gasteiger partial charge in [0, 0.05) is 45.2 Å². The summed E-state index contributed by atoms with van der Waals surface area (Å²) >= 11 is 5.72. The second kappa shape index (κ2) is 9.97. The Morgan fingerprint density at radius 1 is 1.12 bits per heavy atom. The average molecular weight is 482 g/mol. The van der Waals surface area contributed by atoms with Crippen molar-refractivity contribution >= 4 is 33.4 Å². The molecular formula is C22H25ClFN3O4S. The molecule has 7 nitrogen and oxygen atoms in total. The van der Waals surface area contributed by atoms with Crippen molar-refractivity contribution in [1.82, 2.24) is 14.5 Å². The third-order valence-corrected chi connectivity index (χ3v) is 7.61. The van der Waals surface area contributed by atoms with Gasteiger partial charge in [-0.2, -0.15) is 4.31 Å². The summed E-state index contributed by atoms with van der Waals surface area (Å²) in [6.45, 7) is 0.704. The molecule has 0 spiro atoms. The molecule has 0 aromatic heterocycles. The van der Waals surface area contributed by atoms with Gasteiger partial charge < -0.3 is 10.2 Å². The Balaban J connectivity index is 1.53. The van der Waals surface area contributed by atoms with Crippen LogP contribution in [0.15, 0.2) is 47.4 Å². The van der Waals surface area contributed by atoms with Gasteiger partial charge in [-0.25, -0.2) is 12.8 Å². The van der Waals surface area contributed by atoms with Crippen LogP contribution in [-0.2, 0) is 21.4 Å². The van der Waals surface area contributed by atoms with E-state index in [1.165, 1.54) is 15.3 Å². The number of carbonyl (C=O) groups is 2. The minimum Gasteiger partial charge on any atom is -0.352 e. The minimum atomic E-state index is -3.80. The van der Waals surface area contributed by atoms with Crippen LogP contribution in [0.1, 0.15) is 28.8 Å². The molecule has 0 atom stereocenters. The van der Waals surface area contributed by atoms with Gasteiger partial charge in [0.2, 0.25) is 15.9 Å². The van der Waals surface area contributed by atoms with Crippen molar-refractivity contribution in [2.45, 2.75) is 24.3 Å². The minimum absolute atomic E-state index is 0.0667. The molecule has 1 saturated heterocycles. The predicted molar refractivity (Wildman–Crippen MR) is 119 cm³/mol. The zero-order chi connectivity index (χ0) is 23.5. The van der Waals surface area contributed by atoms with Gasteiger partial charge in [-0.15, -0.1) is 0 Å². The van der Waals surface area contributed by atoms with E-state index in [-0.39, 0.29) is 40.7 Å². The van der Waals surface area contributed by atoms with Gasteiger partial charge in [-0.05, 0) is 48.7 Å². The predicted octanol–water partition coefficient (Wildman–Crippen LogP) is 2.90. The zero-order valence-electron chi connectivity index (χ0n) is 17.8. The molecule has 0 saturated carbocycles. The first-order valence-corrected chi connectivity index (χ1v) is 11.9. The first-order valence-electron chi connectivity index (χ1n) is 10.1. The molecule has 0 radical (unpaired) electrons. The molecule has 1 aliphatic rings. The number of piperidine rings is 1. The molecule has 1 aliphatic heterocycles. The Morgan fingerprint density at radius 2 is 1.75 bits per heavy atom. The second-order valence-electron chi connectivity index (χ2n) is 7.87. The Bertz CT molecular complexity index is 1100. The van der Waals surface area contributed by atoms with Gasteiger partial charge in [-0.1, -0.05) is 23.7 Å². The van der Waals surface area contributed by atoms with Crippen LogP contribution < -0.4 is 5.32 Å². The van der Waals surface area contributed by atoms with E-state index in [0.717, 1.165) is 17.7 Å². The van der Waals surface area contributed by atoms with E-state index in [1.807, 2.05) is 0 Å². The summed E-state index contributed by atoms with van der Waals surface area (Å²) < 4.78 is 40.2. The standard InChI is InChI=1S/C22H25ClFN3O4S/c1-26(2)22(29)17-5-3-15(4-6-17)14-25-21(28)16-9-11-27(12-10-16)32(30,31)18-7-8-20(24)19(23)13-18/h3-8,13,16H,9-12,14H2,1-2H3,(H,25,28). The summed E-state index contributed by atoms with van der Waals surface area (Å²) in [4.78, 5) is 25.9. The number of benzene rings is 2. The normalized spacial score (nSPS) is 15.4. The van der Waals surface area contributed by atoms with Crippen molar-refractivity contribution in [2.24, 2.45) is 5.92 Å². The summed E-state index contributed by atoms with van der Waals surface area (Å²) in [5, 5.41) is 2.63. The van der Waals surface area contributed by atoms with Crippen molar-refractivity contribution in [3.8, 4) is 0 Å². The largest absolute Gasteiger partial charge is 0.352 e. The monoisotopic (exact) mass is 481 g/mol. The highest BCUT2D eigenvalue weighted by molar-refractivity contribution is 7.89. The first kappa shape index (κ1) is 24.2. The number of hydrogen-bond donors (Lipinski definition) is 1. The Kier molecular flexibility index (Phi) is 7.53. The third kappa shape index (κ3) is 5.46.